The Morgan fingerprint density at radius 2 is 2.17 bits per heavy atom. The molecule has 1 heterocycles. The monoisotopic (exact) mass is 252 g/mol. The quantitative estimate of drug-likeness (QED) is 0.474. The number of azide groups is 1. The number of likely N-dealkylation sites (tertiary alicyclic amines) is 1. The maximum Gasteiger partial charge on any atom is 0.0723 e. The number of nitrogens with zero attached hydrogens (tertiary/aromatic N) is 4. The highest BCUT2D eigenvalue weighted by Crippen LogP contribution is 2.52. The first-order valence-electron chi connectivity index (χ1n) is 6.77. The van der Waals surface area contributed by atoms with Crippen LogP contribution in [0.5, 0.6) is 0 Å². The van der Waals surface area contributed by atoms with E-state index in [1.165, 1.54) is 19.3 Å². The molecule has 2 fully saturated rings. The van der Waals surface area contributed by atoms with E-state index >= 15 is 0 Å². The summed E-state index contributed by atoms with van der Waals surface area (Å²) in [6.45, 7) is 8.93. The molecule has 0 unspecified atom stereocenters. The lowest BCUT2D eigenvalue weighted by atomic mass is 9.65. The molecule has 2 aliphatic rings. The Hall–Kier alpha value is -0.770. The van der Waals surface area contributed by atoms with Crippen molar-refractivity contribution in [2.45, 2.75) is 52.2 Å². The van der Waals surface area contributed by atoms with Gasteiger partial charge in [-0.1, -0.05) is 25.9 Å². The Labute approximate surface area is 109 Å². The Kier molecular flexibility index (Phi) is 3.58. The van der Waals surface area contributed by atoms with Gasteiger partial charge in [0.2, 0.25) is 0 Å². The van der Waals surface area contributed by atoms with Crippen LogP contribution < -0.4 is 0 Å². The Morgan fingerprint density at radius 1 is 1.44 bits per heavy atom. The van der Waals surface area contributed by atoms with Crippen LogP contribution in [0.4, 0.5) is 0 Å². The highest BCUT2D eigenvalue weighted by Gasteiger charge is 2.49. The summed E-state index contributed by atoms with van der Waals surface area (Å²) in [5.74, 6) is 0. The lowest BCUT2D eigenvalue weighted by Crippen LogP contribution is -2.38. The van der Waals surface area contributed by atoms with Crippen LogP contribution >= 0.6 is 0 Å². The molecule has 0 aromatic heterocycles. The van der Waals surface area contributed by atoms with Crippen LogP contribution in [0.1, 0.15) is 40.0 Å². The third-order valence-electron chi connectivity index (χ3n) is 4.32. The second kappa shape index (κ2) is 4.72. The van der Waals surface area contributed by atoms with Gasteiger partial charge in [-0.2, -0.15) is 0 Å². The van der Waals surface area contributed by atoms with Crippen molar-refractivity contribution >= 4 is 0 Å². The normalized spacial score (nSPS) is 36.1. The number of aliphatic hydroxyl groups is 1. The van der Waals surface area contributed by atoms with E-state index in [9.17, 15) is 5.11 Å². The molecule has 1 saturated heterocycles. The molecule has 102 valence electrons. The molecule has 0 spiro atoms. The van der Waals surface area contributed by atoms with Crippen molar-refractivity contribution in [3.05, 3.63) is 10.4 Å². The average Bonchev–Trinajstić information content (AvgIpc) is 2.44. The number of fused-ring (bicyclic) bond motifs is 2. The van der Waals surface area contributed by atoms with Crippen molar-refractivity contribution in [2.75, 3.05) is 19.6 Å². The van der Waals surface area contributed by atoms with Crippen molar-refractivity contribution in [3.63, 3.8) is 0 Å². The fraction of sp³-hybridized carbons (Fsp3) is 1.00. The maximum absolute atomic E-state index is 9.87. The van der Waals surface area contributed by atoms with E-state index in [0.717, 1.165) is 6.54 Å². The molecule has 1 N–H and O–H groups in total. The standard InChI is InChI=1S/C13H24N4O/c1-12(2)4-10-5-13(3,8-12)9-17(10)7-11(18)6-15-16-14/h10-11,18H,4-9H2,1-3H3/t10-,11+,13-/m1/s1. The molecule has 1 saturated carbocycles. The zero-order valence-electron chi connectivity index (χ0n) is 11.6. The van der Waals surface area contributed by atoms with E-state index in [-0.39, 0.29) is 6.54 Å². The second-order valence-electron chi connectivity index (χ2n) is 7.21. The Bertz CT molecular complexity index is 364. The van der Waals surface area contributed by atoms with Crippen molar-refractivity contribution in [2.24, 2.45) is 15.9 Å². The van der Waals surface area contributed by atoms with E-state index in [1.807, 2.05) is 0 Å². The molecule has 2 rings (SSSR count). The van der Waals surface area contributed by atoms with Gasteiger partial charge in [0.25, 0.3) is 0 Å². The maximum atomic E-state index is 9.87. The van der Waals surface area contributed by atoms with Crippen LogP contribution in [0.2, 0.25) is 0 Å². The summed E-state index contributed by atoms with van der Waals surface area (Å²) in [5, 5.41) is 13.3. The van der Waals surface area contributed by atoms with E-state index in [1.54, 1.807) is 0 Å². The SMILES string of the molecule is CC1(C)C[C@@H]2C[C@@](C)(CN2C[C@@H](O)CN=[N+]=[N-])C1. The minimum atomic E-state index is -0.535. The third-order valence-corrected chi connectivity index (χ3v) is 4.32. The van der Waals surface area contributed by atoms with Gasteiger partial charge in [-0.05, 0) is 35.6 Å². The minimum Gasteiger partial charge on any atom is -0.392 e. The van der Waals surface area contributed by atoms with Gasteiger partial charge in [0.05, 0.1) is 12.6 Å². The lowest BCUT2D eigenvalue weighted by molar-refractivity contribution is 0.0962. The van der Waals surface area contributed by atoms with Gasteiger partial charge in [0, 0.05) is 24.0 Å². The average molecular weight is 252 g/mol. The summed E-state index contributed by atoms with van der Waals surface area (Å²) in [6, 6.07) is 0.583. The molecule has 1 aliphatic carbocycles. The number of rotatable bonds is 4. The second-order valence-corrected chi connectivity index (χ2v) is 7.21. The number of β-amino-alcohol motifs (C(OH)–C–C–N with tert-alkyl or cyclic N) is 1. The zero-order chi connectivity index (χ0) is 13.4. The highest BCUT2D eigenvalue weighted by molar-refractivity contribution is 5.02. The molecule has 5 heteroatoms. The van der Waals surface area contributed by atoms with Gasteiger partial charge in [0.1, 0.15) is 0 Å². The molecule has 0 aromatic carbocycles. The highest BCUT2D eigenvalue weighted by atomic mass is 16.3. The lowest BCUT2D eigenvalue weighted by Gasteiger charge is -2.40. The predicted molar refractivity (Wildman–Crippen MR) is 71.1 cm³/mol. The molecule has 0 amide bonds. The first kappa shape index (κ1) is 13.7. The van der Waals surface area contributed by atoms with Gasteiger partial charge in [0.15, 0.2) is 0 Å². The summed E-state index contributed by atoms with van der Waals surface area (Å²) < 4.78 is 0. The fourth-order valence-electron chi connectivity index (χ4n) is 4.25. The molecule has 18 heavy (non-hydrogen) atoms. The first-order valence-corrected chi connectivity index (χ1v) is 6.77. The van der Waals surface area contributed by atoms with Crippen molar-refractivity contribution in [3.8, 4) is 0 Å². The van der Waals surface area contributed by atoms with Gasteiger partial charge in [-0.15, -0.1) is 0 Å². The molecule has 0 radical (unpaired) electrons. The smallest absolute Gasteiger partial charge is 0.0723 e. The first-order chi connectivity index (χ1) is 8.34. The van der Waals surface area contributed by atoms with Gasteiger partial charge in [-0.25, -0.2) is 0 Å². The van der Waals surface area contributed by atoms with Crippen molar-refractivity contribution in [1.29, 1.82) is 0 Å². The molecule has 0 aromatic rings. The zero-order valence-corrected chi connectivity index (χ0v) is 11.6. The molecular formula is C13H24N4O. The number of hydrogen-bond donors (Lipinski definition) is 1. The van der Waals surface area contributed by atoms with Crippen molar-refractivity contribution in [1.82, 2.24) is 4.90 Å². The van der Waals surface area contributed by atoms with Crippen LogP contribution in [0, 0.1) is 10.8 Å². The summed E-state index contributed by atoms with van der Waals surface area (Å²) in [4.78, 5) is 5.10. The summed E-state index contributed by atoms with van der Waals surface area (Å²) >= 11 is 0. The van der Waals surface area contributed by atoms with Crippen LogP contribution in [0.25, 0.3) is 10.4 Å². The number of hydrogen-bond acceptors (Lipinski definition) is 3. The van der Waals surface area contributed by atoms with Crippen LogP contribution in [-0.4, -0.2) is 41.8 Å². The van der Waals surface area contributed by atoms with Crippen LogP contribution in [-0.2, 0) is 0 Å². The molecule has 2 bridgehead atoms. The van der Waals surface area contributed by atoms with E-state index in [2.05, 4.69) is 35.7 Å². The predicted octanol–water partition coefficient (Wildman–Crippen LogP) is 2.56. The largest absolute Gasteiger partial charge is 0.392 e. The fourth-order valence-corrected chi connectivity index (χ4v) is 4.25. The van der Waals surface area contributed by atoms with Crippen LogP contribution in [0.15, 0.2) is 5.11 Å². The Morgan fingerprint density at radius 3 is 2.83 bits per heavy atom. The third kappa shape index (κ3) is 2.97. The van der Waals surface area contributed by atoms with E-state index < -0.39 is 6.10 Å². The molecule has 5 nitrogen and oxygen atoms in total. The van der Waals surface area contributed by atoms with Gasteiger partial charge < -0.3 is 5.11 Å². The molecular weight excluding hydrogens is 228 g/mol. The van der Waals surface area contributed by atoms with E-state index in [0.29, 0.717) is 23.4 Å². The topological polar surface area (TPSA) is 72.2 Å². The summed E-state index contributed by atoms with van der Waals surface area (Å²) in [7, 11) is 0. The molecule has 1 aliphatic heterocycles. The van der Waals surface area contributed by atoms with Gasteiger partial charge in [-0.3, -0.25) is 4.90 Å². The summed E-state index contributed by atoms with van der Waals surface area (Å²) in [6.07, 6.45) is 3.17. The van der Waals surface area contributed by atoms with Crippen LogP contribution in [0.3, 0.4) is 0 Å². The Balaban J connectivity index is 1.98. The van der Waals surface area contributed by atoms with E-state index in [4.69, 9.17) is 5.53 Å². The summed E-state index contributed by atoms with van der Waals surface area (Å²) in [5.41, 5.74) is 9.07. The minimum absolute atomic E-state index is 0.180. The number of aliphatic hydroxyl groups excluding tert-OH is 1. The van der Waals surface area contributed by atoms with Gasteiger partial charge >= 0.3 is 0 Å². The molecule has 3 atom stereocenters. The van der Waals surface area contributed by atoms with Crippen molar-refractivity contribution < 1.29 is 5.11 Å².